The van der Waals surface area contributed by atoms with Gasteiger partial charge in [0, 0.05) is 12.1 Å². The van der Waals surface area contributed by atoms with E-state index in [9.17, 15) is 26.4 Å². The Morgan fingerprint density at radius 3 is 1.50 bits per heavy atom. The number of carboxylic acid groups (broad SMARTS) is 1. The van der Waals surface area contributed by atoms with Gasteiger partial charge in [-0.2, -0.15) is 0 Å². The first kappa shape index (κ1) is 29.3. The number of carboxylic acids is 1. The van der Waals surface area contributed by atoms with Crippen molar-refractivity contribution in [2.45, 2.75) is 108 Å². The molecule has 0 amide bonds. The smallest absolute Gasteiger partial charge is 0.309 e. The monoisotopic (exact) mass is 550 g/mol. The second-order valence-corrected chi connectivity index (χ2v) is 14.7. The quantitative estimate of drug-likeness (QED) is 0.331. The molecule has 10 nitrogen and oxygen atoms in total. The molecule has 0 aromatic carbocycles. The zero-order valence-corrected chi connectivity index (χ0v) is 23.2. The summed E-state index contributed by atoms with van der Waals surface area (Å²) in [5.74, 6) is -1.21. The molecule has 0 saturated heterocycles. The van der Waals surface area contributed by atoms with Crippen molar-refractivity contribution in [2.75, 3.05) is 6.61 Å². The number of rotatable bonds is 11. The third-order valence-electron chi connectivity index (χ3n) is 7.93. The molecule has 4 fully saturated rings. The van der Waals surface area contributed by atoms with Crippen LogP contribution in [0.2, 0.25) is 0 Å². The number of hydrogen-bond donors (Lipinski definition) is 3. The molecule has 0 radical (unpaired) electrons. The largest absolute Gasteiger partial charge is 0.481 e. The van der Waals surface area contributed by atoms with Crippen molar-refractivity contribution in [1.82, 2.24) is 9.44 Å². The molecule has 6 atom stereocenters. The Hall–Kier alpha value is -1.24. The minimum atomic E-state index is -3.19. The number of carbonyl (C=O) groups is 2. The summed E-state index contributed by atoms with van der Waals surface area (Å²) < 4.78 is 57.9. The van der Waals surface area contributed by atoms with Gasteiger partial charge in [0.25, 0.3) is 0 Å². The molecule has 4 saturated carbocycles. The molecule has 0 aromatic rings. The van der Waals surface area contributed by atoms with E-state index in [-0.39, 0.29) is 46.3 Å². The number of sulfonamides is 2. The first-order valence-electron chi connectivity index (χ1n) is 13.3. The average molecular weight is 551 g/mol. The molecule has 0 spiro atoms. The molecule has 0 aliphatic heterocycles. The summed E-state index contributed by atoms with van der Waals surface area (Å²) in [4.78, 5) is 22.9. The van der Waals surface area contributed by atoms with Crippen LogP contribution in [0.5, 0.6) is 0 Å². The lowest BCUT2D eigenvalue weighted by molar-refractivity contribution is -0.149. The molecule has 3 N–H and O–H groups in total. The van der Waals surface area contributed by atoms with Gasteiger partial charge in [-0.15, -0.1) is 0 Å². The number of nitrogens with one attached hydrogen (secondary N) is 2. The standard InChI is InChI=1S/C13H23NO4S.C11H19NO4S/c1-3-9-7-10(8-12(9)13(15)18-4-2)14-19(16,17)11-5-6-11;1-2-7-5-8(6-10(7)11(13)14)12-17(15,16)9-3-4-9/h9-12,14H,3-8H2,1-2H3;7-10,12H,2-6H2,1H3,(H,13,14)/t9-,10+,12+;7-,8+,10+/m11/s1. The van der Waals surface area contributed by atoms with Gasteiger partial charge in [0.05, 0.1) is 28.9 Å². The molecule has 0 heterocycles. The van der Waals surface area contributed by atoms with Gasteiger partial charge in [-0.05, 0) is 70.1 Å². The zero-order chi connectivity index (χ0) is 26.7. The lowest BCUT2D eigenvalue weighted by Crippen LogP contribution is -2.35. The fraction of sp³-hybridized carbons (Fsp3) is 0.917. The summed E-state index contributed by atoms with van der Waals surface area (Å²) in [6, 6.07) is -0.295. The molecular weight excluding hydrogens is 508 g/mol. The van der Waals surface area contributed by atoms with E-state index in [4.69, 9.17) is 9.84 Å². The highest BCUT2D eigenvalue weighted by Crippen LogP contribution is 2.38. The summed E-state index contributed by atoms with van der Waals surface area (Å²) in [5, 5.41) is 8.65. The first-order chi connectivity index (χ1) is 16.9. The highest BCUT2D eigenvalue weighted by Gasteiger charge is 2.44. The summed E-state index contributed by atoms with van der Waals surface area (Å²) in [6.07, 6.45) is 7.07. The summed E-state index contributed by atoms with van der Waals surface area (Å²) in [5.41, 5.74) is 0. The number of hydrogen-bond acceptors (Lipinski definition) is 7. The van der Waals surface area contributed by atoms with Crippen LogP contribution in [-0.4, -0.2) is 63.1 Å². The Morgan fingerprint density at radius 2 is 1.17 bits per heavy atom. The lowest BCUT2D eigenvalue weighted by atomic mass is 9.94. The van der Waals surface area contributed by atoms with E-state index >= 15 is 0 Å². The maximum Gasteiger partial charge on any atom is 0.309 e. The van der Waals surface area contributed by atoms with E-state index in [0.29, 0.717) is 25.9 Å². The third kappa shape index (κ3) is 7.64. The fourth-order valence-electron chi connectivity index (χ4n) is 5.60. The maximum absolute atomic E-state index is 11.9. The highest BCUT2D eigenvalue weighted by molar-refractivity contribution is 7.90. The van der Waals surface area contributed by atoms with Gasteiger partial charge in [0.15, 0.2) is 0 Å². The van der Waals surface area contributed by atoms with Crippen molar-refractivity contribution in [3.63, 3.8) is 0 Å². The summed E-state index contributed by atoms with van der Waals surface area (Å²) >= 11 is 0. The van der Waals surface area contributed by atoms with Gasteiger partial charge in [-0.25, -0.2) is 26.3 Å². The molecule has 0 aromatic heterocycles. The van der Waals surface area contributed by atoms with E-state index in [1.165, 1.54) is 0 Å². The van der Waals surface area contributed by atoms with E-state index < -0.39 is 31.9 Å². The molecule has 4 aliphatic rings. The minimum absolute atomic E-state index is 0.0967. The van der Waals surface area contributed by atoms with E-state index in [1.54, 1.807) is 6.92 Å². The van der Waals surface area contributed by atoms with Gasteiger partial charge in [0.2, 0.25) is 20.0 Å². The van der Waals surface area contributed by atoms with Gasteiger partial charge >= 0.3 is 11.9 Å². The van der Waals surface area contributed by atoms with Crippen molar-refractivity contribution in [2.24, 2.45) is 23.7 Å². The number of aliphatic carboxylic acids is 1. The van der Waals surface area contributed by atoms with Crippen LogP contribution in [0.25, 0.3) is 0 Å². The van der Waals surface area contributed by atoms with Gasteiger partial charge in [0.1, 0.15) is 0 Å². The molecule has 36 heavy (non-hydrogen) atoms. The average Bonchev–Trinajstić information content (AvgIpc) is 3.73. The van der Waals surface area contributed by atoms with Crippen molar-refractivity contribution < 1.29 is 36.3 Å². The van der Waals surface area contributed by atoms with Crippen molar-refractivity contribution in [1.29, 1.82) is 0 Å². The molecule has 12 heteroatoms. The normalized spacial score (nSPS) is 32.5. The van der Waals surface area contributed by atoms with Crippen molar-refractivity contribution in [3.05, 3.63) is 0 Å². The van der Waals surface area contributed by atoms with Crippen molar-refractivity contribution >= 4 is 32.0 Å². The Balaban J connectivity index is 0.000000202. The summed E-state index contributed by atoms with van der Waals surface area (Å²) in [6.45, 7) is 6.17. The van der Waals surface area contributed by atoms with Crippen LogP contribution in [0, 0.1) is 23.7 Å². The van der Waals surface area contributed by atoms with Crippen LogP contribution in [0.15, 0.2) is 0 Å². The second kappa shape index (κ2) is 12.1. The molecule has 0 unspecified atom stereocenters. The number of ether oxygens (including phenoxy) is 1. The molecular formula is C24H42N2O8S2. The minimum Gasteiger partial charge on any atom is -0.481 e. The van der Waals surface area contributed by atoms with Gasteiger partial charge in [-0.3, -0.25) is 9.59 Å². The predicted octanol–water partition coefficient (Wildman–Crippen LogP) is 2.39. The van der Waals surface area contributed by atoms with Gasteiger partial charge < -0.3 is 9.84 Å². The maximum atomic E-state index is 11.9. The van der Waals surface area contributed by atoms with Crippen LogP contribution in [0.3, 0.4) is 0 Å². The molecule has 0 bridgehead atoms. The fourth-order valence-corrected chi connectivity index (χ4v) is 8.81. The second-order valence-electron chi connectivity index (χ2n) is 10.7. The van der Waals surface area contributed by atoms with Crippen LogP contribution in [0.4, 0.5) is 0 Å². The Labute approximate surface area is 215 Å². The van der Waals surface area contributed by atoms with E-state index in [2.05, 4.69) is 9.44 Å². The van der Waals surface area contributed by atoms with Crippen LogP contribution in [0.1, 0.15) is 85.0 Å². The van der Waals surface area contributed by atoms with Gasteiger partial charge in [-0.1, -0.05) is 26.7 Å². The number of carbonyl (C=O) groups excluding carboxylic acids is 1. The van der Waals surface area contributed by atoms with E-state index in [0.717, 1.165) is 44.9 Å². The van der Waals surface area contributed by atoms with Crippen LogP contribution >= 0.6 is 0 Å². The summed E-state index contributed by atoms with van der Waals surface area (Å²) in [7, 11) is -6.36. The topological polar surface area (TPSA) is 156 Å². The Bertz CT molecular complexity index is 992. The molecule has 208 valence electrons. The van der Waals surface area contributed by atoms with E-state index in [1.807, 2.05) is 13.8 Å². The first-order valence-corrected chi connectivity index (χ1v) is 16.4. The van der Waals surface area contributed by atoms with Crippen LogP contribution < -0.4 is 9.44 Å². The SMILES string of the molecule is CCOC(=O)[C@H]1C[C@@H](NS(=O)(=O)C2CC2)C[C@H]1CC.CC[C@@H]1C[C@H](NS(=O)(=O)C2CC2)C[C@@H]1C(=O)O. The highest BCUT2D eigenvalue weighted by atomic mass is 32.2. The predicted molar refractivity (Wildman–Crippen MR) is 135 cm³/mol. The Kier molecular flexibility index (Phi) is 9.84. The molecule has 4 aliphatic carbocycles. The Morgan fingerprint density at radius 1 is 0.750 bits per heavy atom. The number of esters is 1. The molecule has 4 rings (SSSR count). The lowest BCUT2D eigenvalue weighted by Gasteiger charge is -2.15. The third-order valence-corrected chi connectivity index (χ3v) is 12.0. The van der Waals surface area contributed by atoms with Crippen molar-refractivity contribution in [3.8, 4) is 0 Å². The van der Waals surface area contributed by atoms with Crippen LogP contribution in [-0.2, 0) is 34.4 Å². The zero-order valence-electron chi connectivity index (χ0n) is 21.5.